The van der Waals surface area contributed by atoms with Crippen molar-refractivity contribution in [2.24, 2.45) is 0 Å². The van der Waals surface area contributed by atoms with Gasteiger partial charge in [0, 0.05) is 18.2 Å². The van der Waals surface area contributed by atoms with Crippen LogP contribution in [0.15, 0.2) is 46.9 Å². The molecule has 6 nitrogen and oxygen atoms in total. The van der Waals surface area contributed by atoms with Gasteiger partial charge in [-0.2, -0.15) is 0 Å². The van der Waals surface area contributed by atoms with Gasteiger partial charge in [0.2, 0.25) is 5.91 Å². The number of halogens is 2. The molecule has 26 heavy (non-hydrogen) atoms. The average Bonchev–Trinajstić information content (AvgIpc) is 2.59. The summed E-state index contributed by atoms with van der Waals surface area (Å²) in [6, 6.07) is 9.96. The van der Waals surface area contributed by atoms with E-state index in [0.717, 1.165) is 0 Å². The third-order valence-electron chi connectivity index (χ3n) is 3.13. The molecule has 2 aromatic rings. The first-order valence-corrected chi connectivity index (χ1v) is 8.29. The second-order valence-electron chi connectivity index (χ2n) is 5.21. The highest BCUT2D eigenvalue weighted by atomic mass is 79.9. The summed E-state index contributed by atoms with van der Waals surface area (Å²) in [5, 5.41) is 2.58. The Hall–Kier alpha value is -2.74. The number of rotatable bonds is 7. The predicted octanol–water partition coefficient (Wildman–Crippen LogP) is 3.35. The molecular weight excluding hydrogens is 409 g/mol. The highest BCUT2D eigenvalue weighted by Crippen LogP contribution is 2.25. The van der Waals surface area contributed by atoms with Gasteiger partial charge in [0.25, 0.3) is 0 Å². The average molecular weight is 424 g/mol. The van der Waals surface area contributed by atoms with Crippen LogP contribution in [0, 0.1) is 5.82 Å². The Labute approximate surface area is 157 Å². The minimum atomic E-state index is -0.732. The van der Waals surface area contributed by atoms with Crippen molar-refractivity contribution in [1.82, 2.24) is 0 Å². The SMILES string of the molecule is CC(=O)Nc1ccc(C(=O)COC(=O)COc2ccc(F)cc2Br)cc1. The van der Waals surface area contributed by atoms with Crippen LogP contribution in [0.3, 0.4) is 0 Å². The molecule has 0 unspecified atom stereocenters. The maximum Gasteiger partial charge on any atom is 0.344 e. The van der Waals surface area contributed by atoms with E-state index in [2.05, 4.69) is 21.2 Å². The molecule has 0 bridgehead atoms. The molecule has 0 heterocycles. The molecule has 2 aromatic carbocycles. The second kappa shape index (κ2) is 9.10. The highest BCUT2D eigenvalue weighted by molar-refractivity contribution is 9.10. The molecule has 0 saturated carbocycles. The van der Waals surface area contributed by atoms with Gasteiger partial charge in [0.05, 0.1) is 4.47 Å². The number of carbonyl (C=O) groups excluding carboxylic acids is 3. The van der Waals surface area contributed by atoms with Crippen molar-refractivity contribution >= 4 is 39.3 Å². The normalized spacial score (nSPS) is 10.1. The van der Waals surface area contributed by atoms with Crippen LogP contribution in [0.2, 0.25) is 0 Å². The number of ketones is 1. The topological polar surface area (TPSA) is 81.7 Å². The van der Waals surface area contributed by atoms with E-state index in [1.165, 1.54) is 37.3 Å². The van der Waals surface area contributed by atoms with Crippen molar-refractivity contribution in [3.8, 4) is 5.75 Å². The van der Waals surface area contributed by atoms with Crippen molar-refractivity contribution in [3.05, 3.63) is 58.3 Å². The number of esters is 1. The fraction of sp³-hybridized carbons (Fsp3) is 0.167. The largest absolute Gasteiger partial charge is 0.481 e. The number of carbonyl (C=O) groups is 3. The van der Waals surface area contributed by atoms with E-state index in [1.54, 1.807) is 12.1 Å². The van der Waals surface area contributed by atoms with Gasteiger partial charge in [-0.05, 0) is 58.4 Å². The smallest absolute Gasteiger partial charge is 0.344 e. The predicted molar refractivity (Wildman–Crippen MR) is 95.6 cm³/mol. The first-order chi connectivity index (χ1) is 12.3. The van der Waals surface area contributed by atoms with Crippen LogP contribution in [-0.2, 0) is 14.3 Å². The number of benzene rings is 2. The highest BCUT2D eigenvalue weighted by Gasteiger charge is 2.12. The lowest BCUT2D eigenvalue weighted by Crippen LogP contribution is -2.19. The van der Waals surface area contributed by atoms with E-state index < -0.39 is 30.8 Å². The molecule has 136 valence electrons. The molecule has 1 N–H and O–H groups in total. The zero-order chi connectivity index (χ0) is 19.1. The monoisotopic (exact) mass is 423 g/mol. The number of hydrogen-bond acceptors (Lipinski definition) is 5. The van der Waals surface area contributed by atoms with Crippen molar-refractivity contribution in [2.75, 3.05) is 18.5 Å². The van der Waals surface area contributed by atoms with Gasteiger partial charge in [-0.15, -0.1) is 0 Å². The van der Waals surface area contributed by atoms with Crippen molar-refractivity contribution in [3.63, 3.8) is 0 Å². The van der Waals surface area contributed by atoms with E-state index in [-0.39, 0.29) is 11.7 Å². The third kappa shape index (κ3) is 5.96. The summed E-state index contributed by atoms with van der Waals surface area (Å²) in [7, 11) is 0. The Kier molecular flexibility index (Phi) is 6.85. The molecule has 0 aromatic heterocycles. The van der Waals surface area contributed by atoms with Gasteiger partial charge in [-0.25, -0.2) is 9.18 Å². The minimum Gasteiger partial charge on any atom is -0.481 e. The molecule has 0 saturated heterocycles. The molecule has 0 aliphatic carbocycles. The maximum absolute atomic E-state index is 13.0. The standard InChI is InChI=1S/C18H15BrFNO5/c1-11(22)21-14-5-2-12(3-6-14)16(23)9-26-18(24)10-25-17-7-4-13(20)8-15(17)19/h2-8H,9-10H2,1H3,(H,21,22). The lowest BCUT2D eigenvalue weighted by molar-refractivity contribution is -0.144. The van der Waals surface area contributed by atoms with Crippen LogP contribution in [0.5, 0.6) is 5.75 Å². The summed E-state index contributed by atoms with van der Waals surface area (Å²) in [6.45, 7) is 0.524. The lowest BCUT2D eigenvalue weighted by atomic mass is 10.1. The molecule has 8 heteroatoms. The van der Waals surface area contributed by atoms with Crippen LogP contribution in [-0.4, -0.2) is 30.9 Å². The van der Waals surface area contributed by atoms with Gasteiger partial charge in [-0.1, -0.05) is 0 Å². The summed E-state index contributed by atoms with van der Waals surface area (Å²) in [6.07, 6.45) is 0. The number of amides is 1. The van der Waals surface area contributed by atoms with Gasteiger partial charge in [0.15, 0.2) is 19.0 Å². The number of ether oxygens (including phenoxy) is 2. The van der Waals surface area contributed by atoms with Crippen LogP contribution in [0.1, 0.15) is 17.3 Å². The summed E-state index contributed by atoms with van der Waals surface area (Å²) in [5.41, 5.74) is 0.901. The molecule has 0 aliphatic rings. The zero-order valence-electron chi connectivity index (χ0n) is 13.8. The summed E-state index contributed by atoms with van der Waals surface area (Å²) < 4.78 is 23.4. The van der Waals surface area contributed by atoms with E-state index in [0.29, 0.717) is 15.7 Å². The molecule has 0 radical (unpaired) electrons. The number of Topliss-reactive ketones (excluding diaryl/α,β-unsaturated/α-hetero) is 1. The fourth-order valence-corrected chi connectivity index (χ4v) is 2.41. The number of hydrogen-bond donors (Lipinski definition) is 1. The Morgan fingerprint density at radius 3 is 2.38 bits per heavy atom. The van der Waals surface area contributed by atoms with Crippen LogP contribution in [0.4, 0.5) is 10.1 Å². The number of anilines is 1. The zero-order valence-corrected chi connectivity index (χ0v) is 15.3. The Morgan fingerprint density at radius 2 is 1.77 bits per heavy atom. The molecule has 0 fully saturated rings. The van der Waals surface area contributed by atoms with Crippen LogP contribution in [0.25, 0.3) is 0 Å². The van der Waals surface area contributed by atoms with E-state index in [4.69, 9.17) is 9.47 Å². The minimum absolute atomic E-state index is 0.217. The van der Waals surface area contributed by atoms with Crippen molar-refractivity contribution < 1.29 is 28.2 Å². The van der Waals surface area contributed by atoms with Crippen molar-refractivity contribution in [1.29, 1.82) is 0 Å². The van der Waals surface area contributed by atoms with Gasteiger partial charge in [-0.3, -0.25) is 9.59 Å². The Bertz CT molecular complexity index is 823. The molecular formula is C18H15BrFNO5. The van der Waals surface area contributed by atoms with Crippen LogP contribution >= 0.6 is 15.9 Å². The van der Waals surface area contributed by atoms with Crippen molar-refractivity contribution in [2.45, 2.75) is 6.92 Å². The van der Waals surface area contributed by atoms with E-state index >= 15 is 0 Å². The first kappa shape index (κ1) is 19.6. The maximum atomic E-state index is 13.0. The number of nitrogens with one attached hydrogen (secondary N) is 1. The Morgan fingerprint density at radius 1 is 1.08 bits per heavy atom. The van der Waals surface area contributed by atoms with Gasteiger partial charge < -0.3 is 14.8 Å². The summed E-state index contributed by atoms with van der Waals surface area (Å²) in [4.78, 5) is 34.6. The summed E-state index contributed by atoms with van der Waals surface area (Å²) in [5.74, 6) is -1.50. The first-order valence-electron chi connectivity index (χ1n) is 7.49. The fourth-order valence-electron chi connectivity index (χ4n) is 1.94. The Balaban J connectivity index is 1.81. The molecule has 0 aliphatic heterocycles. The third-order valence-corrected chi connectivity index (χ3v) is 3.75. The molecule has 2 rings (SSSR count). The van der Waals surface area contributed by atoms with Gasteiger partial charge >= 0.3 is 5.97 Å². The van der Waals surface area contributed by atoms with E-state index in [9.17, 15) is 18.8 Å². The quantitative estimate of drug-likeness (QED) is 0.545. The molecule has 0 spiro atoms. The second-order valence-corrected chi connectivity index (χ2v) is 6.06. The lowest BCUT2D eigenvalue weighted by Gasteiger charge is -2.08. The molecule has 1 amide bonds. The van der Waals surface area contributed by atoms with Gasteiger partial charge in [0.1, 0.15) is 11.6 Å². The molecule has 0 atom stereocenters. The summed E-state index contributed by atoms with van der Waals surface area (Å²) >= 11 is 3.11. The van der Waals surface area contributed by atoms with Crippen LogP contribution < -0.4 is 10.1 Å². The van der Waals surface area contributed by atoms with E-state index in [1.807, 2.05) is 0 Å².